The quantitative estimate of drug-likeness (QED) is 0.683. The summed E-state index contributed by atoms with van der Waals surface area (Å²) in [5.74, 6) is 2.29. The number of fused-ring (bicyclic) bond motifs is 7. The van der Waals surface area contributed by atoms with Gasteiger partial charge in [-0.2, -0.15) is 0 Å². The zero-order valence-corrected chi connectivity index (χ0v) is 16.7. The molecule has 2 saturated carbocycles. The van der Waals surface area contributed by atoms with Crippen molar-refractivity contribution < 1.29 is 14.6 Å². The Balaban J connectivity index is 1.65. The van der Waals surface area contributed by atoms with Gasteiger partial charge in [0.15, 0.2) is 0 Å². The van der Waals surface area contributed by atoms with E-state index in [4.69, 9.17) is 4.74 Å². The molecule has 5 rings (SSSR count). The Morgan fingerprint density at radius 1 is 1.15 bits per heavy atom. The third-order valence-corrected chi connectivity index (χ3v) is 7.35. The fraction of sp³-hybridized carbons (Fsp3) is 0.409. The van der Waals surface area contributed by atoms with Gasteiger partial charge < -0.3 is 15.2 Å². The van der Waals surface area contributed by atoms with Gasteiger partial charge in [-0.1, -0.05) is 15.9 Å². The Morgan fingerprint density at radius 3 is 2.74 bits per heavy atom. The van der Waals surface area contributed by atoms with Crippen LogP contribution in [-0.2, 0) is 0 Å². The van der Waals surface area contributed by atoms with Crippen molar-refractivity contribution in [2.24, 2.45) is 17.8 Å². The lowest BCUT2D eigenvalue weighted by Gasteiger charge is -2.44. The van der Waals surface area contributed by atoms with E-state index < -0.39 is 5.97 Å². The highest BCUT2D eigenvalue weighted by Gasteiger charge is 2.54. The lowest BCUT2D eigenvalue weighted by molar-refractivity contribution is 0.0696. The molecule has 1 aliphatic heterocycles. The number of ether oxygens (including phenoxy) is 1. The number of halogens is 1. The van der Waals surface area contributed by atoms with E-state index in [1.54, 1.807) is 13.2 Å². The number of carboxylic acids is 1. The minimum absolute atomic E-state index is 0.181. The topological polar surface area (TPSA) is 58.6 Å². The number of carboxylic acid groups (broad SMARTS) is 1. The predicted octanol–water partition coefficient (Wildman–Crippen LogP) is 5.45. The van der Waals surface area contributed by atoms with Crippen LogP contribution in [0.3, 0.4) is 0 Å². The van der Waals surface area contributed by atoms with Crippen LogP contribution in [0, 0.1) is 17.8 Å². The van der Waals surface area contributed by atoms with E-state index >= 15 is 0 Å². The van der Waals surface area contributed by atoms with Crippen molar-refractivity contribution in [3.8, 4) is 5.75 Å². The first-order valence-electron chi connectivity index (χ1n) is 9.54. The van der Waals surface area contributed by atoms with Crippen molar-refractivity contribution in [3.05, 3.63) is 57.6 Å². The molecular weight excluding hydrogens is 406 g/mol. The average Bonchev–Trinajstić information content (AvgIpc) is 3.29. The number of benzene rings is 2. The Bertz CT molecular complexity index is 928. The van der Waals surface area contributed by atoms with Gasteiger partial charge in [-0.3, -0.25) is 0 Å². The van der Waals surface area contributed by atoms with Crippen LogP contribution in [0.2, 0.25) is 0 Å². The molecule has 0 unspecified atom stereocenters. The lowest BCUT2D eigenvalue weighted by Crippen LogP contribution is -2.35. The fourth-order valence-corrected chi connectivity index (χ4v) is 6.26. The van der Waals surface area contributed by atoms with Crippen molar-refractivity contribution in [2.45, 2.75) is 31.2 Å². The smallest absolute Gasteiger partial charge is 0.335 e. The highest BCUT2D eigenvalue weighted by Crippen LogP contribution is 2.64. The predicted molar refractivity (Wildman–Crippen MR) is 108 cm³/mol. The minimum Gasteiger partial charge on any atom is -0.496 e. The number of nitrogens with one attached hydrogen (secondary N) is 1. The number of hydrogen-bond acceptors (Lipinski definition) is 3. The molecule has 0 aromatic heterocycles. The zero-order chi connectivity index (χ0) is 18.7. The summed E-state index contributed by atoms with van der Waals surface area (Å²) < 4.78 is 6.73. The van der Waals surface area contributed by atoms with Gasteiger partial charge in [-0.05, 0) is 84.9 Å². The monoisotopic (exact) mass is 427 g/mol. The largest absolute Gasteiger partial charge is 0.496 e. The lowest BCUT2D eigenvalue weighted by atomic mass is 9.67. The second-order valence-electron chi connectivity index (χ2n) is 8.05. The zero-order valence-electron chi connectivity index (χ0n) is 15.1. The molecule has 0 amide bonds. The molecule has 2 N–H and O–H groups in total. The van der Waals surface area contributed by atoms with E-state index in [1.165, 1.54) is 30.4 Å². The summed E-state index contributed by atoms with van der Waals surface area (Å²) in [5, 5.41) is 13.2. The second-order valence-corrected chi connectivity index (χ2v) is 8.97. The third kappa shape index (κ3) is 2.59. The van der Waals surface area contributed by atoms with Gasteiger partial charge in [-0.25, -0.2) is 4.79 Å². The van der Waals surface area contributed by atoms with Crippen LogP contribution in [0.1, 0.15) is 52.7 Å². The summed E-state index contributed by atoms with van der Waals surface area (Å²) in [6.07, 6.45) is 3.78. The molecule has 3 aliphatic rings. The standard InChI is InChI=1S/C22H22BrNO3/c1-27-18-7-5-14(23)10-16(18)21-20-12-3-2-11(8-12)19(20)15-9-13(22(25)26)4-6-17(15)24-21/h4-7,9-12,19-21,24H,2-3,8H2,1H3,(H,25,26)/t11-,12+,19+,20+,21+/m1/s1. The van der Waals surface area contributed by atoms with Crippen molar-refractivity contribution in [1.82, 2.24) is 0 Å². The van der Waals surface area contributed by atoms with Crippen LogP contribution < -0.4 is 10.1 Å². The van der Waals surface area contributed by atoms with Gasteiger partial charge >= 0.3 is 5.97 Å². The van der Waals surface area contributed by atoms with Gasteiger partial charge in [0, 0.05) is 15.7 Å². The van der Waals surface area contributed by atoms with Gasteiger partial charge in [0.05, 0.1) is 18.7 Å². The summed E-state index contributed by atoms with van der Waals surface area (Å²) >= 11 is 3.61. The van der Waals surface area contributed by atoms with E-state index in [0.717, 1.165) is 15.9 Å². The van der Waals surface area contributed by atoms with Crippen LogP contribution in [0.5, 0.6) is 5.75 Å². The first-order valence-corrected chi connectivity index (χ1v) is 10.3. The fourth-order valence-electron chi connectivity index (χ4n) is 5.88. The van der Waals surface area contributed by atoms with Crippen molar-refractivity contribution >= 4 is 27.6 Å². The van der Waals surface area contributed by atoms with Crippen molar-refractivity contribution in [1.29, 1.82) is 0 Å². The maximum Gasteiger partial charge on any atom is 0.335 e. The van der Waals surface area contributed by atoms with E-state index in [1.807, 2.05) is 24.3 Å². The molecule has 2 fully saturated rings. The molecule has 0 spiro atoms. The normalized spacial score (nSPS) is 30.4. The second kappa shape index (κ2) is 6.26. The first kappa shape index (κ1) is 17.1. The molecule has 2 aliphatic carbocycles. The molecule has 5 heteroatoms. The van der Waals surface area contributed by atoms with E-state index in [0.29, 0.717) is 29.2 Å². The first-order chi connectivity index (χ1) is 13.1. The number of methoxy groups -OCH3 is 1. The molecule has 4 nitrogen and oxygen atoms in total. The Labute approximate surface area is 167 Å². The highest BCUT2D eigenvalue weighted by atomic mass is 79.9. The van der Waals surface area contributed by atoms with Gasteiger partial charge in [-0.15, -0.1) is 0 Å². The van der Waals surface area contributed by atoms with E-state index in [2.05, 4.69) is 27.3 Å². The molecule has 2 aromatic carbocycles. The van der Waals surface area contributed by atoms with Crippen molar-refractivity contribution in [2.75, 3.05) is 12.4 Å². The number of hydrogen-bond donors (Lipinski definition) is 2. The van der Waals surface area contributed by atoms with Crippen LogP contribution >= 0.6 is 15.9 Å². The summed E-state index contributed by atoms with van der Waals surface area (Å²) in [4.78, 5) is 11.5. The average molecular weight is 428 g/mol. The van der Waals surface area contributed by atoms with E-state index in [9.17, 15) is 9.90 Å². The number of anilines is 1. The van der Waals surface area contributed by atoms with Crippen LogP contribution in [-0.4, -0.2) is 18.2 Å². The summed E-state index contributed by atoms with van der Waals surface area (Å²) in [6, 6.07) is 11.9. The molecule has 140 valence electrons. The van der Waals surface area contributed by atoms with Crippen LogP contribution in [0.4, 0.5) is 5.69 Å². The van der Waals surface area contributed by atoms with Gasteiger partial charge in [0.25, 0.3) is 0 Å². The molecule has 27 heavy (non-hydrogen) atoms. The van der Waals surface area contributed by atoms with Crippen LogP contribution in [0.25, 0.3) is 0 Å². The number of carbonyl (C=O) groups is 1. The Morgan fingerprint density at radius 2 is 1.96 bits per heavy atom. The highest BCUT2D eigenvalue weighted by molar-refractivity contribution is 9.10. The van der Waals surface area contributed by atoms with Crippen molar-refractivity contribution in [3.63, 3.8) is 0 Å². The number of rotatable bonds is 3. The molecule has 5 atom stereocenters. The Hall–Kier alpha value is -2.01. The number of aromatic carboxylic acids is 1. The minimum atomic E-state index is -0.853. The molecule has 1 heterocycles. The summed E-state index contributed by atoms with van der Waals surface area (Å²) in [5.41, 5.74) is 3.83. The summed E-state index contributed by atoms with van der Waals surface area (Å²) in [6.45, 7) is 0. The summed E-state index contributed by atoms with van der Waals surface area (Å²) in [7, 11) is 1.72. The van der Waals surface area contributed by atoms with E-state index in [-0.39, 0.29) is 6.04 Å². The maximum atomic E-state index is 11.5. The third-order valence-electron chi connectivity index (χ3n) is 6.86. The molecular formula is C22H22BrNO3. The SMILES string of the molecule is COc1ccc(Br)cc1[C@@H]1Nc2ccc(C(=O)O)cc2[C@@H]2[C@@H]3CC[C@@H](C3)[C@@H]21. The molecule has 0 radical (unpaired) electrons. The molecule has 2 aromatic rings. The molecule has 0 saturated heterocycles. The van der Waals surface area contributed by atoms with Gasteiger partial charge in [0.2, 0.25) is 0 Å². The Kier molecular flexibility index (Phi) is 3.97. The van der Waals surface area contributed by atoms with Gasteiger partial charge in [0.1, 0.15) is 5.75 Å². The maximum absolute atomic E-state index is 11.5. The van der Waals surface area contributed by atoms with Crippen LogP contribution in [0.15, 0.2) is 40.9 Å². The molecule has 2 bridgehead atoms.